The summed E-state index contributed by atoms with van der Waals surface area (Å²) in [4.78, 5) is 2.27. The first-order valence-electron chi connectivity index (χ1n) is 7.06. The van der Waals surface area contributed by atoms with E-state index in [-0.39, 0.29) is 20.8 Å². The van der Waals surface area contributed by atoms with Gasteiger partial charge in [0.05, 0.1) is 0 Å². The maximum absolute atomic E-state index is 13.0. The fourth-order valence-corrected chi connectivity index (χ4v) is 3.90. The predicted molar refractivity (Wildman–Crippen MR) is 91.8 cm³/mol. The topological polar surface area (TPSA) is 0 Å². The molecule has 0 aliphatic carbocycles. The zero-order valence-corrected chi connectivity index (χ0v) is 13.7. The van der Waals surface area contributed by atoms with Gasteiger partial charge >= 0.3 is 136 Å². The van der Waals surface area contributed by atoms with Crippen LogP contribution in [0.1, 0.15) is 11.1 Å². The molecule has 0 N–H and O–H groups in total. The summed E-state index contributed by atoms with van der Waals surface area (Å²) >= 11 is 0.161. The molecule has 0 saturated heterocycles. The van der Waals surface area contributed by atoms with E-state index < -0.39 is 0 Å². The molecule has 3 aromatic rings. The second-order valence-electron chi connectivity index (χ2n) is 4.84. The van der Waals surface area contributed by atoms with Crippen molar-refractivity contribution >= 4 is 25.0 Å². The van der Waals surface area contributed by atoms with Crippen LogP contribution < -0.4 is 4.46 Å². The number of hydrogen-bond acceptors (Lipinski definition) is 0. The summed E-state index contributed by atoms with van der Waals surface area (Å²) in [5, 5.41) is 0. The van der Waals surface area contributed by atoms with Gasteiger partial charge in [-0.05, 0) is 0 Å². The Balaban J connectivity index is 1.95. The van der Waals surface area contributed by atoms with E-state index in [4.69, 9.17) is 0 Å². The fourth-order valence-electron chi connectivity index (χ4n) is 2.18. The van der Waals surface area contributed by atoms with E-state index >= 15 is 0 Å². The Kier molecular flexibility index (Phi) is 4.85. The summed E-state index contributed by atoms with van der Waals surface area (Å²) in [6.45, 7) is 0. The standard InChI is InChI=1S/C20H15FSe/c21-18-11-13-19(14-12-18)22-15-20(16-7-3-1-4-8-16)17-9-5-2-6-10-17/h1-15H. The minimum absolute atomic E-state index is 0.161. The molecule has 0 fully saturated rings. The second kappa shape index (κ2) is 7.22. The van der Waals surface area contributed by atoms with Gasteiger partial charge in [-0.15, -0.1) is 0 Å². The molecule has 0 bridgehead atoms. The Labute approximate surface area is 136 Å². The fraction of sp³-hybridized carbons (Fsp3) is 0. The van der Waals surface area contributed by atoms with Gasteiger partial charge in [-0.1, -0.05) is 0 Å². The summed E-state index contributed by atoms with van der Waals surface area (Å²) in [5.41, 5.74) is 3.64. The van der Waals surface area contributed by atoms with Gasteiger partial charge in [-0.25, -0.2) is 0 Å². The van der Waals surface area contributed by atoms with Gasteiger partial charge in [0.2, 0.25) is 0 Å². The Morgan fingerprint density at radius 1 is 0.682 bits per heavy atom. The molecule has 3 rings (SSSR count). The molecule has 0 aliphatic heterocycles. The van der Waals surface area contributed by atoms with Crippen LogP contribution in [-0.4, -0.2) is 15.0 Å². The molecule has 0 unspecified atom stereocenters. The average Bonchev–Trinajstić information content (AvgIpc) is 2.59. The van der Waals surface area contributed by atoms with Crippen LogP contribution in [0.4, 0.5) is 4.39 Å². The van der Waals surface area contributed by atoms with E-state index in [0.717, 1.165) is 0 Å². The van der Waals surface area contributed by atoms with Crippen molar-refractivity contribution in [2.75, 3.05) is 0 Å². The van der Waals surface area contributed by atoms with Gasteiger partial charge in [-0.2, -0.15) is 0 Å². The molecule has 0 spiro atoms. The van der Waals surface area contributed by atoms with Crippen LogP contribution in [0.3, 0.4) is 0 Å². The minimum atomic E-state index is -0.185. The number of rotatable bonds is 4. The number of hydrogen-bond donors (Lipinski definition) is 0. The predicted octanol–water partition coefficient (Wildman–Crippen LogP) is 4.24. The molecular weight excluding hydrogens is 338 g/mol. The maximum atomic E-state index is 13.0. The van der Waals surface area contributed by atoms with Gasteiger partial charge in [0.1, 0.15) is 0 Å². The number of benzene rings is 3. The SMILES string of the molecule is Fc1ccc([Se]C=C(c2ccccc2)c2ccccc2)cc1. The van der Waals surface area contributed by atoms with Gasteiger partial charge in [0, 0.05) is 0 Å². The van der Waals surface area contributed by atoms with Crippen molar-refractivity contribution in [1.29, 1.82) is 0 Å². The zero-order chi connectivity index (χ0) is 15.2. The Hall–Kier alpha value is -2.15. The molecule has 0 amide bonds. The summed E-state index contributed by atoms with van der Waals surface area (Å²) in [6, 6.07) is 27.5. The van der Waals surface area contributed by atoms with Crippen molar-refractivity contribution in [1.82, 2.24) is 0 Å². The van der Waals surface area contributed by atoms with E-state index in [9.17, 15) is 4.39 Å². The van der Waals surface area contributed by atoms with Crippen molar-refractivity contribution in [3.05, 3.63) is 107 Å². The van der Waals surface area contributed by atoms with E-state index in [1.807, 2.05) is 24.3 Å². The van der Waals surface area contributed by atoms with Crippen molar-refractivity contribution in [2.45, 2.75) is 0 Å². The first kappa shape index (κ1) is 14.8. The molecule has 108 valence electrons. The Morgan fingerprint density at radius 2 is 1.18 bits per heavy atom. The average molecular weight is 353 g/mol. The molecule has 22 heavy (non-hydrogen) atoms. The molecule has 0 saturated carbocycles. The zero-order valence-electron chi connectivity index (χ0n) is 11.9. The molecule has 0 aliphatic rings. The van der Waals surface area contributed by atoms with Gasteiger partial charge in [0.25, 0.3) is 0 Å². The normalized spacial score (nSPS) is 10.2. The second-order valence-corrected chi connectivity index (χ2v) is 6.81. The molecule has 0 atom stereocenters. The van der Waals surface area contributed by atoms with Crippen molar-refractivity contribution in [2.24, 2.45) is 0 Å². The summed E-state index contributed by atoms with van der Waals surface area (Å²) in [7, 11) is 0. The Morgan fingerprint density at radius 3 is 1.68 bits per heavy atom. The van der Waals surface area contributed by atoms with Gasteiger partial charge in [-0.3, -0.25) is 0 Å². The molecular formula is C20H15FSe. The molecule has 0 heterocycles. The van der Waals surface area contributed by atoms with Crippen LogP contribution in [0, 0.1) is 5.82 Å². The quantitative estimate of drug-likeness (QED) is 0.616. The van der Waals surface area contributed by atoms with E-state index in [0.29, 0.717) is 0 Å². The van der Waals surface area contributed by atoms with Crippen molar-refractivity contribution < 1.29 is 4.39 Å². The van der Waals surface area contributed by atoms with Gasteiger partial charge < -0.3 is 0 Å². The molecule has 3 aromatic carbocycles. The van der Waals surface area contributed by atoms with Crippen LogP contribution in [0.15, 0.2) is 89.9 Å². The Bertz CT molecular complexity index is 705. The molecule has 0 nitrogen and oxygen atoms in total. The third-order valence-corrected chi connectivity index (χ3v) is 5.18. The summed E-state index contributed by atoms with van der Waals surface area (Å²) in [6.07, 6.45) is 0. The van der Waals surface area contributed by atoms with Crippen LogP contribution in [0.5, 0.6) is 0 Å². The van der Waals surface area contributed by atoms with Gasteiger partial charge in [0.15, 0.2) is 0 Å². The van der Waals surface area contributed by atoms with Crippen LogP contribution in [0.25, 0.3) is 5.57 Å². The number of halogens is 1. The van der Waals surface area contributed by atoms with E-state index in [2.05, 4.69) is 53.5 Å². The third-order valence-electron chi connectivity index (χ3n) is 3.30. The van der Waals surface area contributed by atoms with Crippen molar-refractivity contribution in [3.8, 4) is 0 Å². The van der Waals surface area contributed by atoms with Crippen molar-refractivity contribution in [3.63, 3.8) is 0 Å². The van der Waals surface area contributed by atoms with Crippen LogP contribution in [-0.2, 0) is 0 Å². The first-order chi connectivity index (χ1) is 10.8. The van der Waals surface area contributed by atoms with Crippen LogP contribution >= 0.6 is 0 Å². The summed E-state index contributed by atoms with van der Waals surface area (Å²) < 4.78 is 14.2. The summed E-state index contributed by atoms with van der Waals surface area (Å²) in [5.74, 6) is -0.185. The molecule has 0 aromatic heterocycles. The van der Waals surface area contributed by atoms with E-state index in [1.165, 1.54) is 33.3 Å². The molecule has 0 radical (unpaired) electrons. The third kappa shape index (κ3) is 3.73. The first-order valence-corrected chi connectivity index (χ1v) is 8.91. The monoisotopic (exact) mass is 354 g/mol. The van der Waals surface area contributed by atoms with Crippen LogP contribution in [0.2, 0.25) is 0 Å². The molecule has 2 heteroatoms. The van der Waals surface area contributed by atoms with E-state index in [1.54, 1.807) is 0 Å².